The van der Waals surface area contributed by atoms with Crippen molar-refractivity contribution in [1.29, 1.82) is 0 Å². The van der Waals surface area contributed by atoms with Gasteiger partial charge in [-0.05, 0) is 42.9 Å². The summed E-state index contributed by atoms with van der Waals surface area (Å²) in [5, 5.41) is 9.73. The number of ether oxygens (including phenoxy) is 1. The van der Waals surface area contributed by atoms with Gasteiger partial charge in [0, 0.05) is 24.4 Å². The summed E-state index contributed by atoms with van der Waals surface area (Å²) in [6.07, 6.45) is 5.50. The molecule has 1 atom stereocenters. The lowest BCUT2D eigenvalue weighted by Gasteiger charge is -2.35. The molecular weight excluding hydrogens is 332 g/mol. The van der Waals surface area contributed by atoms with Crippen molar-refractivity contribution >= 4 is 11.9 Å². The van der Waals surface area contributed by atoms with Gasteiger partial charge in [-0.1, -0.05) is 24.3 Å². The molecule has 26 heavy (non-hydrogen) atoms. The van der Waals surface area contributed by atoms with Crippen LogP contribution in [0.15, 0.2) is 42.6 Å². The Morgan fingerprint density at radius 3 is 2.73 bits per heavy atom. The van der Waals surface area contributed by atoms with Gasteiger partial charge in [-0.3, -0.25) is 4.79 Å². The van der Waals surface area contributed by atoms with Crippen LogP contribution in [0.5, 0.6) is 5.88 Å². The van der Waals surface area contributed by atoms with E-state index in [1.807, 2.05) is 12.1 Å². The van der Waals surface area contributed by atoms with E-state index in [2.05, 4.69) is 4.98 Å². The molecule has 0 bridgehead atoms. The third-order valence-corrected chi connectivity index (χ3v) is 5.10. The number of aliphatic carboxylic acids is 1. The molecule has 1 aliphatic carbocycles. The fourth-order valence-corrected chi connectivity index (χ4v) is 3.48. The lowest BCUT2D eigenvalue weighted by atomic mass is 9.92. The second-order valence-corrected chi connectivity index (χ2v) is 6.74. The quantitative estimate of drug-likeness (QED) is 0.915. The lowest BCUT2D eigenvalue weighted by Crippen LogP contribution is -2.43. The van der Waals surface area contributed by atoms with Crippen LogP contribution >= 0.6 is 0 Å². The molecule has 2 aromatic rings. The summed E-state index contributed by atoms with van der Waals surface area (Å²) >= 11 is 0. The van der Waals surface area contributed by atoms with Gasteiger partial charge in [0.1, 0.15) is 6.10 Å². The number of hydrogen-bond donors (Lipinski definition) is 1. The Kier molecular flexibility index (Phi) is 4.32. The highest BCUT2D eigenvalue weighted by Crippen LogP contribution is 2.31. The Labute approximate surface area is 151 Å². The van der Waals surface area contributed by atoms with E-state index in [0.717, 1.165) is 24.8 Å². The lowest BCUT2D eigenvalue weighted by molar-refractivity contribution is -0.143. The van der Waals surface area contributed by atoms with Gasteiger partial charge in [0.25, 0.3) is 5.91 Å². The normalized spacial score (nSPS) is 19.4. The monoisotopic (exact) mass is 352 g/mol. The van der Waals surface area contributed by atoms with Crippen LogP contribution in [-0.4, -0.2) is 39.5 Å². The number of carboxylic acid groups (broad SMARTS) is 1. The summed E-state index contributed by atoms with van der Waals surface area (Å²) in [6.45, 7) is 0.369. The molecule has 2 heterocycles. The van der Waals surface area contributed by atoms with Crippen LogP contribution in [0.25, 0.3) is 0 Å². The first kappa shape index (κ1) is 16.6. The van der Waals surface area contributed by atoms with Crippen LogP contribution in [0, 0.1) is 0 Å². The fraction of sp³-hybridized carbons (Fsp3) is 0.350. The van der Waals surface area contributed by atoms with Gasteiger partial charge in [-0.15, -0.1) is 0 Å². The number of aromatic nitrogens is 1. The maximum absolute atomic E-state index is 13.0. The number of hydrogen-bond acceptors (Lipinski definition) is 4. The minimum atomic E-state index is -1.02. The van der Waals surface area contributed by atoms with Gasteiger partial charge in [-0.2, -0.15) is 0 Å². The van der Waals surface area contributed by atoms with Crippen molar-refractivity contribution in [2.75, 3.05) is 6.54 Å². The van der Waals surface area contributed by atoms with Crippen LogP contribution < -0.4 is 4.74 Å². The molecule has 0 spiro atoms. The first-order chi connectivity index (χ1) is 12.6. The molecule has 1 aromatic carbocycles. The smallest absolute Gasteiger partial charge is 0.331 e. The van der Waals surface area contributed by atoms with E-state index in [9.17, 15) is 14.7 Å². The number of pyridine rings is 1. The SMILES string of the molecule is O=C(O)C1c2ccccc2CCN1C(=O)c1ccnc(OC2CCC2)c1. The van der Waals surface area contributed by atoms with Crippen molar-refractivity contribution in [2.24, 2.45) is 0 Å². The molecule has 1 aromatic heterocycles. The molecule has 4 rings (SSSR count). The Morgan fingerprint density at radius 1 is 1.19 bits per heavy atom. The Balaban J connectivity index is 1.61. The predicted octanol–water partition coefficient (Wildman–Crippen LogP) is 2.84. The fourth-order valence-electron chi connectivity index (χ4n) is 3.48. The van der Waals surface area contributed by atoms with Crippen LogP contribution in [0.2, 0.25) is 0 Å². The number of amides is 1. The Morgan fingerprint density at radius 2 is 2.00 bits per heavy atom. The molecule has 1 saturated carbocycles. The Bertz CT molecular complexity index is 847. The van der Waals surface area contributed by atoms with Gasteiger partial charge in [0.2, 0.25) is 5.88 Å². The van der Waals surface area contributed by atoms with E-state index in [1.54, 1.807) is 24.3 Å². The van der Waals surface area contributed by atoms with Gasteiger partial charge in [-0.25, -0.2) is 9.78 Å². The molecule has 1 amide bonds. The van der Waals surface area contributed by atoms with Crippen LogP contribution in [-0.2, 0) is 11.2 Å². The summed E-state index contributed by atoms with van der Waals surface area (Å²) < 4.78 is 5.76. The second kappa shape index (κ2) is 6.78. The van der Waals surface area contributed by atoms with E-state index in [1.165, 1.54) is 11.1 Å². The first-order valence-electron chi connectivity index (χ1n) is 8.88. The minimum absolute atomic E-state index is 0.168. The molecule has 1 fully saturated rings. The summed E-state index contributed by atoms with van der Waals surface area (Å²) in [4.78, 5) is 30.5. The zero-order chi connectivity index (χ0) is 18.1. The van der Waals surface area contributed by atoms with E-state index in [-0.39, 0.29) is 12.0 Å². The maximum Gasteiger partial charge on any atom is 0.331 e. The van der Waals surface area contributed by atoms with Crippen molar-refractivity contribution in [2.45, 2.75) is 37.8 Å². The molecule has 1 N–H and O–H groups in total. The van der Waals surface area contributed by atoms with Gasteiger partial charge in [0.05, 0.1) is 0 Å². The van der Waals surface area contributed by atoms with E-state index in [0.29, 0.717) is 30.0 Å². The first-order valence-corrected chi connectivity index (χ1v) is 8.88. The van der Waals surface area contributed by atoms with E-state index in [4.69, 9.17) is 4.74 Å². The third kappa shape index (κ3) is 3.03. The molecule has 6 nitrogen and oxygen atoms in total. The molecule has 6 heteroatoms. The topological polar surface area (TPSA) is 79.7 Å². The highest BCUT2D eigenvalue weighted by atomic mass is 16.5. The average Bonchev–Trinajstić information content (AvgIpc) is 2.63. The van der Waals surface area contributed by atoms with Crippen LogP contribution in [0.4, 0.5) is 0 Å². The third-order valence-electron chi connectivity index (χ3n) is 5.10. The van der Waals surface area contributed by atoms with E-state index >= 15 is 0 Å². The highest BCUT2D eigenvalue weighted by molar-refractivity contribution is 5.97. The molecule has 0 radical (unpaired) electrons. The number of nitrogens with zero attached hydrogens (tertiary/aromatic N) is 2. The van der Waals surface area contributed by atoms with Crippen LogP contribution in [0.3, 0.4) is 0 Å². The average molecular weight is 352 g/mol. The maximum atomic E-state index is 13.0. The molecule has 2 aliphatic rings. The number of fused-ring (bicyclic) bond motifs is 1. The van der Waals surface area contributed by atoms with Crippen molar-refractivity contribution in [1.82, 2.24) is 9.88 Å². The largest absolute Gasteiger partial charge is 0.479 e. The number of carbonyl (C=O) groups is 2. The summed E-state index contributed by atoms with van der Waals surface area (Å²) in [5.41, 5.74) is 2.06. The van der Waals surface area contributed by atoms with Crippen LogP contribution in [0.1, 0.15) is 46.8 Å². The van der Waals surface area contributed by atoms with Crippen molar-refractivity contribution in [3.63, 3.8) is 0 Å². The molecule has 1 aliphatic heterocycles. The van der Waals surface area contributed by atoms with Gasteiger partial charge in [0.15, 0.2) is 6.04 Å². The summed E-state index contributed by atoms with van der Waals surface area (Å²) in [7, 11) is 0. The van der Waals surface area contributed by atoms with Crippen molar-refractivity contribution in [3.8, 4) is 5.88 Å². The Hall–Kier alpha value is -2.89. The zero-order valence-electron chi connectivity index (χ0n) is 14.3. The number of carboxylic acids is 1. The molecule has 134 valence electrons. The van der Waals surface area contributed by atoms with Crippen molar-refractivity contribution < 1.29 is 19.4 Å². The second-order valence-electron chi connectivity index (χ2n) is 6.74. The van der Waals surface area contributed by atoms with Gasteiger partial charge >= 0.3 is 5.97 Å². The highest BCUT2D eigenvalue weighted by Gasteiger charge is 2.36. The number of carbonyl (C=O) groups excluding carboxylic acids is 1. The minimum Gasteiger partial charge on any atom is -0.479 e. The molecule has 0 saturated heterocycles. The predicted molar refractivity (Wildman–Crippen MR) is 94.1 cm³/mol. The number of rotatable bonds is 4. The van der Waals surface area contributed by atoms with Gasteiger partial charge < -0.3 is 14.7 Å². The number of benzene rings is 1. The summed E-state index contributed by atoms with van der Waals surface area (Å²) in [6, 6.07) is 9.64. The zero-order valence-corrected chi connectivity index (χ0v) is 14.3. The standard InChI is InChI=1S/C20H20N2O4/c23-19(14-8-10-21-17(12-14)26-15-5-3-6-15)22-11-9-13-4-1-2-7-16(13)18(22)20(24)25/h1-2,4,7-8,10,12,15,18H,3,5-6,9,11H2,(H,24,25). The van der Waals surface area contributed by atoms with Crippen molar-refractivity contribution in [3.05, 3.63) is 59.3 Å². The summed E-state index contributed by atoms with van der Waals surface area (Å²) in [5.74, 6) is -0.914. The molecule has 1 unspecified atom stereocenters. The molecular formula is C20H20N2O4. The van der Waals surface area contributed by atoms with E-state index < -0.39 is 12.0 Å².